The summed E-state index contributed by atoms with van der Waals surface area (Å²) in [6.07, 6.45) is 4.31. The monoisotopic (exact) mass is 313 g/mol. The molecule has 2 aromatic rings. The number of unbranched alkanes of at least 4 members (excludes halogenated alkanes) is 1. The Labute approximate surface area is 136 Å². The highest BCUT2D eigenvalue weighted by Crippen LogP contribution is 2.15. The molecule has 1 heterocycles. The zero-order chi connectivity index (χ0) is 16.8. The van der Waals surface area contributed by atoms with Crippen LogP contribution in [-0.4, -0.2) is 15.5 Å². The molecule has 2 rings (SSSR count). The predicted octanol–water partition coefficient (Wildman–Crippen LogP) is 2.84. The van der Waals surface area contributed by atoms with Crippen LogP contribution in [-0.2, 0) is 17.8 Å². The van der Waals surface area contributed by atoms with E-state index in [4.69, 9.17) is 0 Å². The highest BCUT2D eigenvalue weighted by Gasteiger charge is 2.08. The number of hydrogen-bond donors (Lipinski definition) is 1. The van der Waals surface area contributed by atoms with Gasteiger partial charge >= 0.3 is 0 Å². The first kappa shape index (κ1) is 16.9. The molecule has 5 heteroatoms. The fourth-order valence-corrected chi connectivity index (χ4v) is 2.38. The standard InChI is InChI=1S/C18H23N3O2/c1-4-5-6-15-10-18(23)21(12-19-15)11-17(22)20-16-8-7-13(2)9-14(16)3/h7-10,12H,4-6,11H2,1-3H3,(H,20,22). The smallest absolute Gasteiger partial charge is 0.253 e. The molecule has 1 aromatic carbocycles. The average molecular weight is 313 g/mol. The van der Waals surface area contributed by atoms with E-state index in [0.29, 0.717) is 0 Å². The van der Waals surface area contributed by atoms with E-state index in [0.717, 1.165) is 41.8 Å². The van der Waals surface area contributed by atoms with Gasteiger partial charge in [0.15, 0.2) is 0 Å². The second kappa shape index (κ2) is 7.72. The van der Waals surface area contributed by atoms with Crippen molar-refractivity contribution in [2.24, 2.45) is 0 Å². The predicted molar refractivity (Wildman–Crippen MR) is 91.7 cm³/mol. The van der Waals surface area contributed by atoms with Gasteiger partial charge in [-0.25, -0.2) is 4.98 Å². The number of nitrogens with one attached hydrogen (secondary N) is 1. The fourth-order valence-electron chi connectivity index (χ4n) is 2.38. The van der Waals surface area contributed by atoms with Crippen molar-refractivity contribution in [2.75, 3.05) is 5.32 Å². The van der Waals surface area contributed by atoms with Crippen LogP contribution in [0.4, 0.5) is 5.69 Å². The Morgan fingerprint density at radius 1 is 1.26 bits per heavy atom. The van der Waals surface area contributed by atoms with Gasteiger partial charge in [0, 0.05) is 17.4 Å². The lowest BCUT2D eigenvalue weighted by molar-refractivity contribution is -0.116. The van der Waals surface area contributed by atoms with Crippen LogP contribution in [0.2, 0.25) is 0 Å². The average Bonchev–Trinajstić information content (AvgIpc) is 2.50. The van der Waals surface area contributed by atoms with Crippen LogP contribution < -0.4 is 10.9 Å². The van der Waals surface area contributed by atoms with Crippen LogP contribution in [0.5, 0.6) is 0 Å². The molecular weight excluding hydrogens is 290 g/mol. The van der Waals surface area contributed by atoms with Crippen molar-refractivity contribution in [3.05, 3.63) is 57.8 Å². The van der Waals surface area contributed by atoms with Gasteiger partial charge in [0.25, 0.3) is 5.56 Å². The molecular formula is C18H23N3O2. The molecule has 0 bridgehead atoms. The van der Waals surface area contributed by atoms with E-state index in [9.17, 15) is 9.59 Å². The minimum Gasteiger partial charge on any atom is -0.324 e. The minimum absolute atomic E-state index is 0.0345. The summed E-state index contributed by atoms with van der Waals surface area (Å²) in [4.78, 5) is 28.4. The molecule has 0 atom stereocenters. The molecule has 122 valence electrons. The lowest BCUT2D eigenvalue weighted by Gasteiger charge is -2.10. The molecule has 1 amide bonds. The lowest BCUT2D eigenvalue weighted by atomic mass is 10.1. The van der Waals surface area contributed by atoms with Gasteiger partial charge in [-0.3, -0.25) is 14.2 Å². The van der Waals surface area contributed by atoms with Crippen LogP contribution in [0.3, 0.4) is 0 Å². The van der Waals surface area contributed by atoms with Gasteiger partial charge < -0.3 is 5.32 Å². The van der Waals surface area contributed by atoms with Crippen LogP contribution in [0, 0.1) is 13.8 Å². The molecule has 0 aliphatic rings. The van der Waals surface area contributed by atoms with E-state index in [-0.39, 0.29) is 18.0 Å². The number of carbonyl (C=O) groups is 1. The highest BCUT2D eigenvalue weighted by molar-refractivity contribution is 5.91. The summed E-state index contributed by atoms with van der Waals surface area (Å²) in [5.74, 6) is -0.234. The van der Waals surface area contributed by atoms with E-state index >= 15 is 0 Å². The number of nitrogens with zero attached hydrogens (tertiary/aromatic N) is 2. The van der Waals surface area contributed by atoms with Gasteiger partial charge in [0.2, 0.25) is 5.91 Å². The van der Waals surface area contributed by atoms with Gasteiger partial charge in [0.1, 0.15) is 6.54 Å². The molecule has 0 spiro atoms. The van der Waals surface area contributed by atoms with Crippen LogP contribution in [0.1, 0.15) is 36.6 Å². The lowest BCUT2D eigenvalue weighted by Crippen LogP contribution is -2.28. The fraction of sp³-hybridized carbons (Fsp3) is 0.389. The molecule has 1 N–H and O–H groups in total. The second-order valence-electron chi connectivity index (χ2n) is 5.82. The summed E-state index contributed by atoms with van der Waals surface area (Å²) in [5.41, 5.74) is 3.49. The van der Waals surface area contributed by atoms with Gasteiger partial charge in [-0.05, 0) is 38.3 Å². The third-order valence-electron chi connectivity index (χ3n) is 3.69. The van der Waals surface area contributed by atoms with E-state index in [2.05, 4.69) is 17.2 Å². The quantitative estimate of drug-likeness (QED) is 0.892. The highest BCUT2D eigenvalue weighted by atomic mass is 16.2. The van der Waals surface area contributed by atoms with Gasteiger partial charge in [-0.1, -0.05) is 31.0 Å². The van der Waals surface area contributed by atoms with Crippen molar-refractivity contribution < 1.29 is 4.79 Å². The van der Waals surface area contributed by atoms with Crippen molar-refractivity contribution in [1.82, 2.24) is 9.55 Å². The first-order chi connectivity index (χ1) is 11.0. The third kappa shape index (κ3) is 4.77. The summed E-state index contributed by atoms with van der Waals surface area (Å²) in [6, 6.07) is 7.34. The summed E-state index contributed by atoms with van der Waals surface area (Å²) in [6.45, 7) is 6.01. The van der Waals surface area contributed by atoms with E-state index in [1.807, 2.05) is 32.0 Å². The molecule has 0 aliphatic carbocycles. The SMILES string of the molecule is CCCCc1cc(=O)n(CC(=O)Nc2ccc(C)cc2C)cn1. The van der Waals surface area contributed by atoms with Gasteiger partial charge in [-0.2, -0.15) is 0 Å². The molecule has 23 heavy (non-hydrogen) atoms. The molecule has 1 aromatic heterocycles. The van der Waals surface area contributed by atoms with Crippen molar-refractivity contribution in [2.45, 2.75) is 46.6 Å². The zero-order valence-corrected chi connectivity index (χ0v) is 13.9. The summed E-state index contributed by atoms with van der Waals surface area (Å²) >= 11 is 0. The van der Waals surface area contributed by atoms with Crippen molar-refractivity contribution in [1.29, 1.82) is 0 Å². The van der Waals surface area contributed by atoms with Crippen LogP contribution in [0.25, 0.3) is 0 Å². The van der Waals surface area contributed by atoms with Gasteiger partial charge in [-0.15, -0.1) is 0 Å². The van der Waals surface area contributed by atoms with Gasteiger partial charge in [0.05, 0.1) is 6.33 Å². The Morgan fingerprint density at radius 3 is 2.70 bits per heavy atom. The normalized spacial score (nSPS) is 10.6. The number of amides is 1. The Balaban J connectivity index is 2.04. The van der Waals surface area contributed by atoms with E-state index in [1.54, 1.807) is 0 Å². The van der Waals surface area contributed by atoms with Crippen molar-refractivity contribution >= 4 is 11.6 Å². The first-order valence-corrected chi connectivity index (χ1v) is 7.92. The second-order valence-corrected chi connectivity index (χ2v) is 5.82. The molecule has 0 fully saturated rings. The number of aromatic nitrogens is 2. The molecule has 5 nitrogen and oxygen atoms in total. The molecule has 0 unspecified atom stereocenters. The largest absolute Gasteiger partial charge is 0.324 e. The molecule has 0 saturated carbocycles. The molecule has 0 saturated heterocycles. The van der Waals surface area contributed by atoms with E-state index in [1.165, 1.54) is 17.0 Å². The zero-order valence-electron chi connectivity index (χ0n) is 13.9. The number of anilines is 1. The number of carbonyl (C=O) groups excluding carboxylic acids is 1. The Bertz CT molecular complexity index is 750. The van der Waals surface area contributed by atoms with Crippen molar-refractivity contribution in [3.63, 3.8) is 0 Å². The topological polar surface area (TPSA) is 64.0 Å². The van der Waals surface area contributed by atoms with Crippen molar-refractivity contribution in [3.8, 4) is 0 Å². The molecule has 0 aliphatic heterocycles. The summed E-state index contributed by atoms with van der Waals surface area (Å²) in [7, 11) is 0. The maximum absolute atomic E-state index is 12.1. The number of benzene rings is 1. The third-order valence-corrected chi connectivity index (χ3v) is 3.69. The van der Waals surface area contributed by atoms with Crippen LogP contribution >= 0.6 is 0 Å². The Morgan fingerprint density at radius 2 is 2.04 bits per heavy atom. The first-order valence-electron chi connectivity index (χ1n) is 7.92. The Kier molecular flexibility index (Phi) is 5.68. The summed E-state index contributed by atoms with van der Waals surface area (Å²) < 4.78 is 1.33. The number of rotatable bonds is 6. The minimum atomic E-state index is -0.234. The maximum atomic E-state index is 12.1. The Hall–Kier alpha value is -2.43. The maximum Gasteiger partial charge on any atom is 0.253 e. The van der Waals surface area contributed by atoms with E-state index < -0.39 is 0 Å². The van der Waals surface area contributed by atoms with Crippen LogP contribution in [0.15, 0.2) is 35.4 Å². The summed E-state index contributed by atoms with van der Waals surface area (Å²) in [5, 5.41) is 2.84. The molecule has 0 radical (unpaired) electrons. The number of hydrogen-bond acceptors (Lipinski definition) is 3. The number of aryl methyl sites for hydroxylation is 3.